The Morgan fingerprint density at radius 2 is 0.538 bits per heavy atom. The molecule has 0 aromatic rings. The van der Waals surface area contributed by atoms with Gasteiger partial charge in [0.2, 0.25) is 0 Å². The van der Waals surface area contributed by atoms with Gasteiger partial charge in [-0.05, 0) is 0 Å². The quantitative estimate of drug-likeness (QED) is 0.565. The molecule has 0 atom stereocenters. The fourth-order valence-corrected chi connectivity index (χ4v) is 88.0. The Bertz CT molecular complexity index is 580. The van der Waals surface area contributed by atoms with E-state index in [-0.39, 0.29) is 34.0 Å². The predicted molar refractivity (Wildman–Crippen MR) is 58.1 cm³/mol. The zero-order chi connectivity index (χ0) is 6.09. The molecule has 10 saturated heterocycles. The summed E-state index contributed by atoms with van der Waals surface area (Å²) in [4.78, 5) is 15.9. The topological polar surface area (TPSA) is 0 Å². The van der Waals surface area contributed by atoms with Gasteiger partial charge in [-0.25, -0.2) is 0 Å². The maximum atomic E-state index is 1.59. The van der Waals surface area contributed by atoms with Crippen LogP contribution in [0.15, 0.2) is 0 Å². The summed E-state index contributed by atoms with van der Waals surface area (Å²) in [5.74, 6) is 0. The molecule has 10 aliphatic heterocycles. The van der Waals surface area contributed by atoms with Crippen LogP contribution in [0.1, 0.15) is 0 Å². The first-order valence-electron chi connectivity index (χ1n) is 5.37. The third-order valence-corrected chi connectivity index (χ3v) is 56.5. The van der Waals surface area contributed by atoms with Crippen LogP contribution in [0.4, 0.5) is 0 Å². The molecular formula is C10H12Br2Fe. The van der Waals surface area contributed by atoms with E-state index < -0.39 is 6.51 Å². The first-order valence-corrected chi connectivity index (χ1v) is 11.7. The van der Waals surface area contributed by atoms with Crippen LogP contribution in [0, 0.1) is 0 Å². The van der Waals surface area contributed by atoms with Gasteiger partial charge in [0.1, 0.15) is 0 Å². The Hall–Kier alpha value is 1.48. The van der Waals surface area contributed by atoms with Crippen LogP contribution >= 0.6 is 34.0 Å². The SMILES string of the molecule is Br.Br.[CH]12[CH]3[CH]4[CH]5[CH]1[Fe]23451678[CH]2[CH]1[CH]6[CH]7[CH]28. The second-order valence-electron chi connectivity index (χ2n) is 9.58. The Morgan fingerprint density at radius 3 is 0.538 bits per heavy atom. The first kappa shape index (κ1) is 5.70. The molecule has 0 radical (unpaired) electrons. The van der Waals surface area contributed by atoms with Crippen LogP contribution in [0.2, 0.25) is 48.2 Å². The molecular weight excluding hydrogens is 336 g/mol. The van der Waals surface area contributed by atoms with Crippen LogP contribution in [-0.2, 0) is 6.51 Å². The monoisotopic (exact) mass is 346 g/mol. The number of fused-ring (bicyclic) bond motifs is 10. The van der Waals surface area contributed by atoms with E-state index in [1.807, 2.05) is 0 Å². The van der Waals surface area contributed by atoms with Gasteiger partial charge in [-0.1, -0.05) is 0 Å². The summed E-state index contributed by atoms with van der Waals surface area (Å²) < 4.78 is 0. The molecule has 0 aliphatic carbocycles. The van der Waals surface area contributed by atoms with Gasteiger partial charge < -0.3 is 0 Å². The minimum absolute atomic E-state index is 0. The van der Waals surface area contributed by atoms with E-state index in [9.17, 15) is 0 Å². The van der Waals surface area contributed by atoms with Crippen molar-refractivity contribution in [2.24, 2.45) is 0 Å². The van der Waals surface area contributed by atoms with Crippen molar-refractivity contribution < 1.29 is 6.51 Å². The molecule has 0 nitrogen and oxygen atoms in total. The van der Waals surface area contributed by atoms with E-state index in [0.29, 0.717) is 0 Å². The number of halogens is 2. The Kier molecular flexibility index (Phi) is 0.157. The molecule has 10 fully saturated rings. The molecule has 0 saturated carbocycles. The molecule has 0 N–H and O–H groups in total. The maximum absolute atomic E-state index is 2.28. The van der Waals surface area contributed by atoms with Crippen molar-refractivity contribution in [2.45, 2.75) is 48.2 Å². The van der Waals surface area contributed by atoms with Crippen LogP contribution < -0.4 is 0 Å². The molecule has 1 spiro atoms. The Labute approximate surface area is 88.0 Å². The molecule has 3 heteroatoms. The summed E-state index contributed by atoms with van der Waals surface area (Å²) in [7, 11) is 0. The number of rotatable bonds is 0. The van der Waals surface area contributed by atoms with E-state index in [2.05, 4.69) is 0 Å². The van der Waals surface area contributed by atoms with Crippen molar-refractivity contribution in [1.29, 1.82) is 0 Å². The molecule has 13 heavy (non-hydrogen) atoms. The van der Waals surface area contributed by atoms with E-state index in [0.717, 1.165) is 0 Å². The summed E-state index contributed by atoms with van der Waals surface area (Å²) in [5, 5.41) is 0. The second kappa shape index (κ2) is 0.359. The summed E-state index contributed by atoms with van der Waals surface area (Å²) in [6.45, 7) is -2.28. The molecule has 0 bridgehead atoms. The minimum atomic E-state index is -2.28. The van der Waals surface area contributed by atoms with Crippen molar-refractivity contribution in [3.63, 3.8) is 0 Å². The van der Waals surface area contributed by atoms with Crippen LogP contribution in [0.3, 0.4) is 0 Å². The third kappa shape index (κ3) is 0.0438. The molecule has 0 aromatic heterocycles. The van der Waals surface area contributed by atoms with Gasteiger partial charge in [-0.15, -0.1) is 34.0 Å². The summed E-state index contributed by atoms with van der Waals surface area (Å²) in [6.07, 6.45) is 0. The van der Waals surface area contributed by atoms with E-state index in [4.69, 9.17) is 0 Å². The summed E-state index contributed by atoms with van der Waals surface area (Å²) in [6, 6.07) is 0. The second-order valence-corrected chi connectivity index (χ2v) is 33.5. The Balaban J connectivity index is 0.000000222. The van der Waals surface area contributed by atoms with Crippen molar-refractivity contribution >= 4 is 34.0 Å². The number of hydrogen-bond donors (Lipinski definition) is 0. The van der Waals surface area contributed by atoms with Gasteiger partial charge in [0.15, 0.2) is 0 Å². The third-order valence-electron chi connectivity index (χ3n) is 14.5. The summed E-state index contributed by atoms with van der Waals surface area (Å²) >= 11 is 0. The van der Waals surface area contributed by atoms with Crippen LogP contribution in [-0.4, -0.2) is 0 Å². The van der Waals surface area contributed by atoms with Gasteiger partial charge in [-0.3, -0.25) is 0 Å². The Morgan fingerprint density at radius 1 is 0.385 bits per heavy atom. The standard InChI is InChI=1S/2C5H5.2BrH.Fe/c2*1-2-4-5-3-1;;;/h2*1-5H;2*1H;. The number of hydrogen-bond acceptors (Lipinski definition) is 0. The first-order chi connectivity index (χ1) is 5.16. The molecule has 10 aliphatic rings. The molecule has 74 valence electrons. The van der Waals surface area contributed by atoms with Gasteiger partial charge in [0.25, 0.3) is 0 Å². The molecule has 10 rings (SSSR count). The van der Waals surface area contributed by atoms with Crippen molar-refractivity contribution in [3.05, 3.63) is 0 Å². The molecule has 0 aromatic carbocycles. The summed E-state index contributed by atoms with van der Waals surface area (Å²) in [5.41, 5.74) is 0. The van der Waals surface area contributed by atoms with Gasteiger partial charge in [0, 0.05) is 0 Å². The van der Waals surface area contributed by atoms with Crippen LogP contribution in [0.25, 0.3) is 0 Å². The predicted octanol–water partition coefficient (Wildman–Crippen LogP) is 4.53. The van der Waals surface area contributed by atoms with E-state index in [1.54, 1.807) is 48.2 Å². The van der Waals surface area contributed by atoms with Crippen molar-refractivity contribution in [3.8, 4) is 0 Å². The van der Waals surface area contributed by atoms with E-state index in [1.165, 1.54) is 0 Å². The zero-order valence-electron chi connectivity index (χ0n) is 6.94. The molecule has 10 heterocycles. The molecule has 0 unspecified atom stereocenters. The normalized spacial score (nSPS) is 145. The van der Waals surface area contributed by atoms with E-state index >= 15 is 0 Å². The van der Waals surface area contributed by atoms with Gasteiger partial charge in [-0.2, -0.15) is 0 Å². The molecule has 0 amide bonds. The fraction of sp³-hybridized carbons (Fsp3) is 1.00. The zero-order valence-corrected chi connectivity index (χ0v) is 11.5. The average molecular weight is 348 g/mol. The van der Waals surface area contributed by atoms with Gasteiger partial charge in [0.05, 0.1) is 0 Å². The van der Waals surface area contributed by atoms with Crippen molar-refractivity contribution in [2.75, 3.05) is 0 Å². The van der Waals surface area contributed by atoms with Crippen molar-refractivity contribution in [1.82, 2.24) is 0 Å². The fourth-order valence-electron chi connectivity index (χ4n) is 15.8. The van der Waals surface area contributed by atoms with Crippen LogP contribution in [0.5, 0.6) is 0 Å². The average Bonchev–Trinajstić information content (AvgIpc) is 3.01. The van der Waals surface area contributed by atoms with Gasteiger partial charge >= 0.3 is 54.7 Å².